The van der Waals surface area contributed by atoms with Crippen molar-refractivity contribution in [2.24, 2.45) is 5.92 Å². The number of carboxylic acids is 1. The zero-order valence-corrected chi connectivity index (χ0v) is 13.6. The van der Waals surface area contributed by atoms with Crippen molar-refractivity contribution in [3.05, 3.63) is 29.8 Å². The summed E-state index contributed by atoms with van der Waals surface area (Å²) in [6.45, 7) is 2.24. The lowest BCUT2D eigenvalue weighted by atomic mass is 9.88. The number of aliphatic carboxylic acids is 1. The number of carbonyl (C=O) groups is 2. The molecule has 23 heavy (non-hydrogen) atoms. The molecule has 2 atom stereocenters. The number of hydrogen-bond acceptors (Lipinski definition) is 3. The van der Waals surface area contributed by atoms with Crippen LogP contribution in [-0.2, 0) is 20.7 Å². The minimum Gasteiger partial charge on any atom is -0.481 e. The summed E-state index contributed by atoms with van der Waals surface area (Å²) in [5, 5.41) is 11.5. The number of anilines is 1. The van der Waals surface area contributed by atoms with Crippen LogP contribution >= 0.6 is 0 Å². The molecule has 1 aliphatic rings. The van der Waals surface area contributed by atoms with Crippen molar-refractivity contribution in [3.63, 3.8) is 0 Å². The summed E-state index contributed by atoms with van der Waals surface area (Å²) >= 11 is 0. The Labute approximate surface area is 137 Å². The van der Waals surface area contributed by atoms with Gasteiger partial charge in [0.15, 0.2) is 0 Å². The monoisotopic (exact) mass is 319 g/mol. The molecule has 1 aromatic rings. The van der Waals surface area contributed by atoms with Gasteiger partial charge in [0.1, 0.15) is 6.61 Å². The highest BCUT2D eigenvalue weighted by Crippen LogP contribution is 2.26. The zero-order chi connectivity index (χ0) is 16.7. The standard InChI is InChI=1S/C18H25NO4/c1-13-5-2-3-8-16(13)23-12-17(20)19-15-7-4-6-14(11-15)9-10-18(21)22/h4,6-7,11,13,16H,2-3,5,8-10,12H2,1H3,(H,19,20)(H,21,22). The van der Waals surface area contributed by atoms with Gasteiger partial charge in [-0.05, 0) is 42.9 Å². The first kappa shape index (κ1) is 17.5. The van der Waals surface area contributed by atoms with Crippen LogP contribution in [0.25, 0.3) is 0 Å². The average molecular weight is 319 g/mol. The van der Waals surface area contributed by atoms with Crippen molar-refractivity contribution in [2.45, 2.75) is 51.6 Å². The van der Waals surface area contributed by atoms with Crippen molar-refractivity contribution in [1.82, 2.24) is 0 Å². The predicted octanol–water partition coefficient (Wildman–Crippen LogP) is 3.24. The van der Waals surface area contributed by atoms with E-state index in [1.54, 1.807) is 6.07 Å². The van der Waals surface area contributed by atoms with Gasteiger partial charge in [0.25, 0.3) is 0 Å². The third-order valence-electron chi connectivity index (χ3n) is 4.30. The molecule has 0 bridgehead atoms. The van der Waals surface area contributed by atoms with E-state index >= 15 is 0 Å². The van der Waals surface area contributed by atoms with Gasteiger partial charge < -0.3 is 15.2 Å². The van der Waals surface area contributed by atoms with Gasteiger partial charge in [-0.1, -0.05) is 31.9 Å². The Hall–Kier alpha value is -1.88. The molecule has 0 heterocycles. The summed E-state index contributed by atoms with van der Waals surface area (Å²) < 4.78 is 5.75. The fourth-order valence-corrected chi connectivity index (χ4v) is 2.97. The number of hydrogen-bond donors (Lipinski definition) is 2. The highest BCUT2D eigenvalue weighted by Gasteiger charge is 2.22. The number of ether oxygens (including phenoxy) is 1. The normalized spacial score (nSPS) is 20.9. The number of carboxylic acid groups (broad SMARTS) is 1. The van der Waals surface area contributed by atoms with Gasteiger partial charge in [0.05, 0.1) is 6.10 Å². The highest BCUT2D eigenvalue weighted by atomic mass is 16.5. The molecule has 1 fully saturated rings. The Bertz CT molecular complexity index is 544. The van der Waals surface area contributed by atoms with Crippen molar-refractivity contribution in [2.75, 3.05) is 11.9 Å². The van der Waals surface area contributed by atoms with E-state index in [0.29, 0.717) is 18.0 Å². The summed E-state index contributed by atoms with van der Waals surface area (Å²) in [4.78, 5) is 22.6. The summed E-state index contributed by atoms with van der Waals surface area (Å²) in [7, 11) is 0. The molecule has 1 aromatic carbocycles. The maximum atomic E-state index is 12.0. The average Bonchev–Trinajstić information content (AvgIpc) is 2.52. The van der Waals surface area contributed by atoms with Crippen LogP contribution in [0.2, 0.25) is 0 Å². The first-order chi connectivity index (χ1) is 11.0. The molecule has 1 saturated carbocycles. The number of amides is 1. The van der Waals surface area contributed by atoms with Crippen LogP contribution in [0.1, 0.15) is 44.6 Å². The molecular formula is C18H25NO4. The fourth-order valence-electron chi connectivity index (χ4n) is 2.97. The second-order valence-corrected chi connectivity index (χ2v) is 6.25. The zero-order valence-electron chi connectivity index (χ0n) is 13.6. The van der Waals surface area contributed by atoms with Crippen molar-refractivity contribution in [3.8, 4) is 0 Å². The van der Waals surface area contributed by atoms with Crippen molar-refractivity contribution in [1.29, 1.82) is 0 Å². The summed E-state index contributed by atoms with van der Waals surface area (Å²) in [5.41, 5.74) is 1.57. The van der Waals surface area contributed by atoms with Gasteiger partial charge in [-0.25, -0.2) is 0 Å². The molecule has 1 aliphatic carbocycles. The van der Waals surface area contributed by atoms with Crippen LogP contribution in [0.15, 0.2) is 24.3 Å². The first-order valence-corrected chi connectivity index (χ1v) is 8.27. The number of benzene rings is 1. The molecule has 5 nitrogen and oxygen atoms in total. The number of aryl methyl sites for hydroxylation is 1. The molecule has 0 spiro atoms. The van der Waals surface area contributed by atoms with Crippen LogP contribution in [0, 0.1) is 5.92 Å². The molecule has 0 saturated heterocycles. The third kappa shape index (κ3) is 6.02. The quantitative estimate of drug-likeness (QED) is 0.809. The van der Waals surface area contributed by atoms with E-state index in [-0.39, 0.29) is 25.0 Å². The molecule has 2 unspecified atom stereocenters. The minimum atomic E-state index is -0.825. The second kappa shape index (κ2) is 8.67. The molecule has 2 rings (SSSR count). The van der Waals surface area contributed by atoms with Crippen LogP contribution in [-0.4, -0.2) is 29.7 Å². The second-order valence-electron chi connectivity index (χ2n) is 6.25. The lowest BCUT2D eigenvalue weighted by Crippen LogP contribution is -2.29. The molecule has 5 heteroatoms. The molecule has 0 radical (unpaired) electrons. The van der Waals surface area contributed by atoms with Crippen LogP contribution < -0.4 is 5.32 Å². The Morgan fingerprint density at radius 3 is 2.83 bits per heavy atom. The SMILES string of the molecule is CC1CCCCC1OCC(=O)Nc1cccc(CCC(=O)O)c1. The van der Waals surface area contributed by atoms with E-state index in [9.17, 15) is 9.59 Å². The Morgan fingerprint density at radius 2 is 2.09 bits per heavy atom. The smallest absolute Gasteiger partial charge is 0.303 e. The summed E-state index contributed by atoms with van der Waals surface area (Å²) in [5.74, 6) is -0.483. The summed E-state index contributed by atoms with van der Waals surface area (Å²) in [6.07, 6.45) is 5.32. The fraction of sp³-hybridized carbons (Fsp3) is 0.556. The molecule has 0 aromatic heterocycles. The maximum absolute atomic E-state index is 12.0. The Morgan fingerprint density at radius 1 is 1.30 bits per heavy atom. The van der Waals surface area contributed by atoms with Crippen molar-refractivity contribution >= 4 is 17.6 Å². The topological polar surface area (TPSA) is 75.6 Å². The van der Waals surface area contributed by atoms with Gasteiger partial charge >= 0.3 is 5.97 Å². The highest BCUT2D eigenvalue weighted by molar-refractivity contribution is 5.91. The Kier molecular flexibility index (Phi) is 6.59. The largest absolute Gasteiger partial charge is 0.481 e. The summed E-state index contributed by atoms with van der Waals surface area (Å²) in [6, 6.07) is 7.28. The predicted molar refractivity (Wildman–Crippen MR) is 88.4 cm³/mol. The molecule has 0 aliphatic heterocycles. The van der Waals surface area contributed by atoms with Crippen LogP contribution in [0.4, 0.5) is 5.69 Å². The van der Waals surface area contributed by atoms with E-state index in [1.165, 1.54) is 12.8 Å². The third-order valence-corrected chi connectivity index (χ3v) is 4.30. The number of rotatable bonds is 7. The van der Waals surface area contributed by atoms with E-state index in [0.717, 1.165) is 18.4 Å². The van der Waals surface area contributed by atoms with Gasteiger partial charge in [-0.15, -0.1) is 0 Å². The van der Waals surface area contributed by atoms with E-state index in [4.69, 9.17) is 9.84 Å². The first-order valence-electron chi connectivity index (χ1n) is 8.27. The van der Waals surface area contributed by atoms with E-state index in [1.807, 2.05) is 18.2 Å². The lowest BCUT2D eigenvalue weighted by Gasteiger charge is -2.28. The number of nitrogens with one attached hydrogen (secondary N) is 1. The van der Waals surface area contributed by atoms with Gasteiger partial charge in [-0.2, -0.15) is 0 Å². The molecule has 2 N–H and O–H groups in total. The van der Waals surface area contributed by atoms with E-state index < -0.39 is 5.97 Å². The van der Waals surface area contributed by atoms with Gasteiger partial charge in [0.2, 0.25) is 5.91 Å². The van der Waals surface area contributed by atoms with E-state index in [2.05, 4.69) is 12.2 Å². The minimum absolute atomic E-state index is 0.0638. The Balaban J connectivity index is 1.80. The van der Waals surface area contributed by atoms with Crippen LogP contribution in [0.5, 0.6) is 0 Å². The maximum Gasteiger partial charge on any atom is 0.303 e. The van der Waals surface area contributed by atoms with Crippen molar-refractivity contribution < 1.29 is 19.4 Å². The van der Waals surface area contributed by atoms with Gasteiger partial charge in [-0.3, -0.25) is 9.59 Å². The molecule has 1 amide bonds. The van der Waals surface area contributed by atoms with Gasteiger partial charge in [0, 0.05) is 12.1 Å². The number of carbonyl (C=O) groups excluding carboxylic acids is 1. The molecular weight excluding hydrogens is 294 g/mol. The molecule has 126 valence electrons. The lowest BCUT2D eigenvalue weighted by molar-refractivity contribution is -0.137. The van der Waals surface area contributed by atoms with Crippen LogP contribution in [0.3, 0.4) is 0 Å².